The molecule has 1 fully saturated rings. The monoisotopic (exact) mass is 524 g/mol. The van der Waals surface area contributed by atoms with Crippen molar-refractivity contribution >= 4 is 40.7 Å². The minimum atomic E-state index is -0.909. The number of ketones is 1. The SMILES string of the molecule is CCCCOc1ccc(C([O-])=C2C(=O)C(=O)N(Cc3ccc[nH+]c3)C2c2ccc(Cl)c(Cl)c2)cc1C. The quantitative estimate of drug-likeness (QED) is 0.185. The van der Waals surface area contributed by atoms with Gasteiger partial charge in [-0.2, -0.15) is 0 Å². The molecule has 1 aromatic heterocycles. The van der Waals surface area contributed by atoms with Gasteiger partial charge in [-0.3, -0.25) is 9.59 Å². The summed E-state index contributed by atoms with van der Waals surface area (Å²) in [7, 11) is 0. The molecule has 2 aromatic carbocycles. The Morgan fingerprint density at radius 1 is 1.11 bits per heavy atom. The zero-order valence-corrected chi connectivity index (χ0v) is 21.5. The summed E-state index contributed by atoms with van der Waals surface area (Å²) in [6.45, 7) is 4.64. The molecule has 186 valence electrons. The predicted octanol–water partition coefficient (Wildman–Crippen LogP) is 4.72. The van der Waals surface area contributed by atoms with E-state index in [-0.39, 0.29) is 17.1 Å². The van der Waals surface area contributed by atoms with Crippen LogP contribution in [0.2, 0.25) is 10.0 Å². The smallest absolute Gasteiger partial charge is 0.295 e. The van der Waals surface area contributed by atoms with Crippen molar-refractivity contribution in [3.05, 3.63) is 98.8 Å². The van der Waals surface area contributed by atoms with Gasteiger partial charge in [0.05, 0.1) is 29.2 Å². The Balaban J connectivity index is 1.80. The van der Waals surface area contributed by atoms with Gasteiger partial charge >= 0.3 is 0 Å². The van der Waals surface area contributed by atoms with E-state index in [2.05, 4.69) is 11.9 Å². The van der Waals surface area contributed by atoms with Gasteiger partial charge in [0.25, 0.3) is 5.91 Å². The summed E-state index contributed by atoms with van der Waals surface area (Å²) in [5, 5.41) is 14.3. The van der Waals surface area contributed by atoms with Gasteiger partial charge in [-0.25, -0.2) is 4.98 Å². The fourth-order valence-electron chi connectivity index (χ4n) is 4.22. The van der Waals surface area contributed by atoms with Gasteiger partial charge in [-0.15, -0.1) is 0 Å². The van der Waals surface area contributed by atoms with Gasteiger partial charge in [0.15, 0.2) is 12.4 Å². The molecule has 8 heteroatoms. The lowest BCUT2D eigenvalue weighted by atomic mass is 9.94. The van der Waals surface area contributed by atoms with Crippen molar-refractivity contribution in [3.8, 4) is 5.75 Å². The molecule has 1 N–H and O–H groups in total. The first-order valence-corrected chi connectivity index (χ1v) is 12.5. The molecule has 6 nitrogen and oxygen atoms in total. The zero-order valence-electron chi connectivity index (χ0n) is 20.0. The minimum absolute atomic E-state index is 0.114. The van der Waals surface area contributed by atoms with Crippen molar-refractivity contribution in [1.82, 2.24) is 4.90 Å². The van der Waals surface area contributed by atoms with E-state index in [1.54, 1.807) is 54.9 Å². The van der Waals surface area contributed by atoms with E-state index in [0.29, 0.717) is 28.5 Å². The number of rotatable bonds is 8. The molecular formula is C28H26Cl2N2O4. The highest BCUT2D eigenvalue weighted by Crippen LogP contribution is 2.41. The van der Waals surface area contributed by atoms with Crippen molar-refractivity contribution in [3.63, 3.8) is 0 Å². The molecule has 0 bridgehead atoms. The molecule has 36 heavy (non-hydrogen) atoms. The summed E-state index contributed by atoms with van der Waals surface area (Å²) in [5.74, 6) is -1.39. The molecule has 1 unspecified atom stereocenters. The number of carbonyl (C=O) groups is 2. The van der Waals surface area contributed by atoms with E-state index >= 15 is 0 Å². The van der Waals surface area contributed by atoms with Crippen molar-refractivity contribution in [2.75, 3.05) is 6.61 Å². The van der Waals surface area contributed by atoms with Gasteiger partial charge < -0.3 is 14.7 Å². The second kappa shape index (κ2) is 11.1. The number of ether oxygens (including phenoxy) is 1. The normalized spacial score (nSPS) is 17.0. The highest BCUT2D eigenvalue weighted by molar-refractivity contribution is 6.46. The number of hydrogen-bond donors (Lipinski definition) is 0. The number of hydrogen-bond acceptors (Lipinski definition) is 4. The average molecular weight is 525 g/mol. The average Bonchev–Trinajstić information content (AvgIpc) is 3.12. The van der Waals surface area contributed by atoms with Crippen LogP contribution in [0.4, 0.5) is 0 Å². The third-order valence-electron chi connectivity index (χ3n) is 6.11. The molecule has 1 atom stereocenters. The summed E-state index contributed by atoms with van der Waals surface area (Å²) >= 11 is 12.4. The Morgan fingerprint density at radius 2 is 1.92 bits per heavy atom. The van der Waals surface area contributed by atoms with E-state index in [9.17, 15) is 14.7 Å². The molecule has 0 radical (unpaired) electrons. The fourth-order valence-corrected chi connectivity index (χ4v) is 4.53. The molecular weight excluding hydrogens is 499 g/mol. The molecule has 1 aliphatic heterocycles. The third kappa shape index (κ3) is 5.25. The number of likely N-dealkylation sites (tertiary alicyclic amines) is 1. The number of nitrogens with one attached hydrogen (secondary N) is 1. The number of aromatic nitrogens is 1. The van der Waals surface area contributed by atoms with E-state index in [4.69, 9.17) is 27.9 Å². The molecule has 0 saturated carbocycles. The number of amides is 1. The molecule has 2 heterocycles. The third-order valence-corrected chi connectivity index (χ3v) is 6.84. The molecule has 1 amide bonds. The number of carbonyl (C=O) groups excluding carboxylic acids is 2. The first kappa shape index (κ1) is 25.7. The summed E-state index contributed by atoms with van der Waals surface area (Å²) in [5.41, 5.74) is 2.28. The van der Waals surface area contributed by atoms with Gasteiger partial charge in [0.1, 0.15) is 5.75 Å². The number of H-pyrrole nitrogens is 1. The zero-order chi connectivity index (χ0) is 25.8. The first-order chi connectivity index (χ1) is 17.3. The lowest BCUT2D eigenvalue weighted by Gasteiger charge is -2.27. The van der Waals surface area contributed by atoms with Crippen molar-refractivity contribution in [2.45, 2.75) is 39.3 Å². The van der Waals surface area contributed by atoms with Gasteiger partial charge in [0.2, 0.25) is 5.78 Å². The standard InChI is InChI=1S/C28H26Cl2N2O4/c1-3-4-12-36-23-10-8-20(13-17(23)2)26(33)24-25(19-7-9-21(29)22(30)14-19)32(28(35)27(24)34)16-18-6-5-11-31-15-18/h5-11,13-15,25,33H,3-4,12,16H2,1-2H3. The maximum Gasteiger partial charge on any atom is 0.295 e. The minimum Gasteiger partial charge on any atom is -0.872 e. The van der Waals surface area contributed by atoms with Crippen molar-refractivity contribution in [2.24, 2.45) is 0 Å². The summed E-state index contributed by atoms with van der Waals surface area (Å²) in [4.78, 5) is 30.8. The number of halogens is 2. The van der Waals surface area contributed by atoms with Crippen LogP contribution in [0.15, 0.2) is 66.5 Å². The number of aryl methyl sites for hydroxylation is 1. The van der Waals surface area contributed by atoms with Crippen LogP contribution in [0.1, 0.15) is 48.1 Å². The number of pyridine rings is 1. The van der Waals surface area contributed by atoms with Crippen LogP contribution in [0, 0.1) is 6.92 Å². The van der Waals surface area contributed by atoms with E-state index < -0.39 is 23.5 Å². The Hall–Kier alpha value is -3.35. The van der Waals surface area contributed by atoms with Crippen LogP contribution in [0.25, 0.3) is 5.76 Å². The first-order valence-electron chi connectivity index (χ1n) is 11.7. The summed E-state index contributed by atoms with van der Waals surface area (Å²) in [6, 6.07) is 12.6. The number of benzene rings is 2. The molecule has 1 aliphatic rings. The Bertz CT molecular complexity index is 1320. The Morgan fingerprint density at radius 3 is 2.58 bits per heavy atom. The van der Waals surface area contributed by atoms with Crippen LogP contribution in [-0.4, -0.2) is 23.2 Å². The van der Waals surface area contributed by atoms with E-state index in [0.717, 1.165) is 24.0 Å². The number of nitrogens with zero attached hydrogens (tertiary/aromatic N) is 1. The molecule has 1 saturated heterocycles. The number of unbranched alkanes of at least 4 members (excludes halogenated alkanes) is 1. The van der Waals surface area contributed by atoms with Crippen LogP contribution >= 0.6 is 23.2 Å². The van der Waals surface area contributed by atoms with Gasteiger partial charge in [0, 0.05) is 17.2 Å². The Kier molecular flexibility index (Phi) is 7.97. The van der Waals surface area contributed by atoms with Crippen LogP contribution < -0.4 is 14.8 Å². The summed E-state index contributed by atoms with van der Waals surface area (Å²) < 4.78 is 5.80. The lowest BCUT2D eigenvalue weighted by molar-refractivity contribution is -0.378. The fraction of sp³-hybridized carbons (Fsp3) is 0.250. The van der Waals surface area contributed by atoms with Crippen molar-refractivity contribution < 1.29 is 24.4 Å². The lowest BCUT2D eigenvalue weighted by Crippen LogP contribution is -2.29. The van der Waals surface area contributed by atoms with Crippen molar-refractivity contribution in [1.29, 1.82) is 0 Å². The van der Waals surface area contributed by atoms with Crippen LogP contribution in [0.3, 0.4) is 0 Å². The molecule has 4 rings (SSSR count). The molecule has 3 aromatic rings. The van der Waals surface area contributed by atoms with Gasteiger partial charge in [-0.1, -0.05) is 54.4 Å². The van der Waals surface area contributed by atoms with E-state index in [1.807, 2.05) is 13.0 Å². The molecule has 0 aliphatic carbocycles. The van der Waals surface area contributed by atoms with E-state index in [1.165, 1.54) is 4.90 Å². The molecule has 0 spiro atoms. The van der Waals surface area contributed by atoms with Crippen LogP contribution in [0.5, 0.6) is 5.75 Å². The predicted molar refractivity (Wildman–Crippen MR) is 136 cm³/mol. The summed E-state index contributed by atoms with van der Waals surface area (Å²) in [6.07, 6.45) is 5.42. The Labute approximate surface area is 220 Å². The topological polar surface area (TPSA) is 83.8 Å². The maximum absolute atomic E-state index is 13.7. The largest absolute Gasteiger partial charge is 0.872 e. The number of aromatic amines is 1. The highest BCUT2D eigenvalue weighted by atomic mass is 35.5. The maximum atomic E-state index is 13.7. The second-order valence-electron chi connectivity index (χ2n) is 8.68. The van der Waals surface area contributed by atoms with Gasteiger partial charge in [-0.05, 0) is 60.4 Å². The second-order valence-corrected chi connectivity index (χ2v) is 9.49. The number of Topliss-reactive ketones (excluding diaryl/α,β-unsaturated/α-hetero) is 1. The highest BCUT2D eigenvalue weighted by Gasteiger charge is 2.44. The van der Waals surface area contributed by atoms with Crippen LogP contribution in [-0.2, 0) is 16.1 Å².